The second-order valence-corrected chi connectivity index (χ2v) is 3.78. The highest BCUT2D eigenvalue weighted by atomic mass is 35.5. The van der Waals surface area contributed by atoms with Crippen molar-refractivity contribution in [1.82, 2.24) is 4.98 Å². The molecule has 6 heteroatoms. The van der Waals surface area contributed by atoms with Gasteiger partial charge >= 0.3 is 0 Å². The molecule has 0 aliphatic rings. The molecule has 13 heavy (non-hydrogen) atoms. The molecule has 1 aromatic heterocycles. The number of halogens is 3. The summed E-state index contributed by atoms with van der Waals surface area (Å²) in [4.78, 5) is 5.69. The maximum absolute atomic E-state index is 5.89. The molecule has 3 nitrogen and oxygen atoms in total. The zero-order valence-electron chi connectivity index (χ0n) is 7.11. The van der Waals surface area contributed by atoms with Gasteiger partial charge in [-0.15, -0.1) is 0 Å². The van der Waals surface area contributed by atoms with Crippen LogP contribution >= 0.6 is 34.8 Å². The van der Waals surface area contributed by atoms with Crippen LogP contribution in [0.4, 0.5) is 11.5 Å². The van der Waals surface area contributed by atoms with Crippen LogP contribution in [-0.4, -0.2) is 19.1 Å². The quantitative estimate of drug-likeness (QED) is 0.768. The normalized spacial score (nSPS) is 10.2. The lowest BCUT2D eigenvalue weighted by Crippen LogP contribution is -2.12. The van der Waals surface area contributed by atoms with Gasteiger partial charge in [-0.1, -0.05) is 34.8 Å². The summed E-state index contributed by atoms with van der Waals surface area (Å²) in [6, 6.07) is 0. The zero-order chi connectivity index (χ0) is 10.2. The zero-order valence-corrected chi connectivity index (χ0v) is 9.37. The molecular weight excluding hydrogens is 232 g/mol. The first-order valence-corrected chi connectivity index (χ1v) is 4.55. The Labute approximate surface area is 91.4 Å². The van der Waals surface area contributed by atoms with E-state index in [1.165, 1.54) is 0 Å². The Kier molecular flexibility index (Phi) is 3.11. The van der Waals surface area contributed by atoms with Gasteiger partial charge in [-0.3, -0.25) is 0 Å². The molecule has 1 heterocycles. The van der Waals surface area contributed by atoms with E-state index < -0.39 is 0 Å². The van der Waals surface area contributed by atoms with E-state index in [9.17, 15) is 0 Å². The van der Waals surface area contributed by atoms with Crippen molar-refractivity contribution in [3.8, 4) is 0 Å². The molecule has 0 spiro atoms. The number of hydrogen-bond donors (Lipinski definition) is 1. The van der Waals surface area contributed by atoms with Crippen molar-refractivity contribution in [3.63, 3.8) is 0 Å². The van der Waals surface area contributed by atoms with Gasteiger partial charge in [0.25, 0.3) is 0 Å². The summed E-state index contributed by atoms with van der Waals surface area (Å²) in [5, 5.41) is 0.670. The number of nitrogen functional groups attached to an aromatic ring is 1. The lowest BCUT2D eigenvalue weighted by atomic mass is 10.4. The van der Waals surface area contributed by atoms with Crippen molar-refractivity contribution in [2.75, 3.05) is 24.7 Å². The third-order valence-corrected chi connectivity index (χ3v) is 2.60. The molecule has 0 saturated carbocycles. The largest absolute Gasteiger partial charge is 0.396 e. The summed E-state index contributed by atoms with van der Waals surface area (Å²) in [5.41, 5.74) is 5.86. The maximum Gasteiger partial charge on any atom is 0.152 e. The summed E-state index contributed by atoms with van der Waals surface area (Å²) in [6.45, 7) is 0. The van der Waals surface area contributed by atoms with Crippen LogP contribution in [0.1, 0.15) is 0 Å². The van der Waals surface area contributed by atoms with Gasteiger partial charge in [-0.05, 0) is 0 Å². The Morgan fingerprint density at radius 1 is 1.15 bits per heavy atom. The van der Waals surface area contributed by atoms with Crippen molar-refractivity contribution in [2.24, 2.45) is 0 Å². The maximum atomic E-state index is 5.89. The predicted molar refractivity (Wildman–Crippen MR) is 58.0 cm³/mol. The van der Waals surface area contributed by atoms with Crippen LogP contribution in [0.5, 0.6) is 0 Å². The van der Waals surface area contributed by atoms with Crippen LogP contribution in [0.15, 0.2) is 0 Å². The van der Waals surface area contributed by atoms with E-state index in [2.05, 4.69) is 4.98 Å². The first kappa shape index (κ1) is 10.7. The molecule has 0 fully saturated rings. The fourth-order valence-electron chi connectivity index (χ4n) is 0.815. The highest BCUT2D eigenvalue weighted by molar-refractivity contribution is 6.46. The third kappa shape index (κ3) is 1.93. The molecule has 1 rings (SSSR count). The Morgan fingerprint density at radius 2 is 1.69 bits per heavy atom. The van der Waals surface area contributed by atoms with Gasteiger partial charge in [-0.2, -0.15) is 0 Å². The molecule has 0 aromatic carbocycles. The second-order valence-electron chi connectivity index (χ2n) is 2.66. The van der Waals surface area contributed by atoms with Crippen LogP contribution < -0.4 is 10.6 Å². The molecule has 0 unspecified atom stereocenters. The van der Waals surface area contributed by atoms with Crippen molar-refractivity contribution < 1.29 is 0 Å². The topological polar surface area (TPSA) is 42.2 Å². The smallest absolute Gasteiger partial charge is 0.152 e. The molecule has 0 bridgehead atoms. The highest BCUT2D eigenvalue weighted by Crippen LogP contribution is 2.37. The molecule has 0 saturated heterocycles. The first-order valence-electron chi connectivity index (χ1n) is 3.42. The lowest BCUT2D eigenvalue weighted by molar-refractivity contribution is 1.07. The van der Waals surface area contributed by atoms with E-state index in [0.29, 0.717) is 10.8 Å². The molecule has 72 valence electrons. The average molecular weight is 241 g/mol. The minimum absolute atomic E-state index is 0.160. The fourth-order valence-corrected chi connectivity index (χ4v) is 1.49. The van der Waals surface area contributed by atoms with Gasteiger partial charge in [0.15, 0.2) is 11.0 Å². The molecular formula is C7H8Cl3N3. The van der Waals surface area contributed by atoms with E-state index in [4.69, 9.17) is 40.5 Å². The molecule has 2 N–H and O–H groups in total. The fraction of sp³-hybridized carbons (Fsp3) is 0.286. The number of rotatable bonds is 1. The summed E-state index contributed by atoms with van der Waals surface area (Å²) < 4.78 is 0. The molecule has 0 aliphatic carbocycles. The molecule has 0 amide bonds. The van der Waals surface area contributed by atoms with E-state index in [-0.39, 0.29) is 15.9 Å². The standard InChI is InChI=1S/C7H8Cl3N3/c1-13(2)7-4(9)5(11)3(8)6(10)12-7/h1-2H3,(H2,11,12). The summed E-state index contributed by atoms with van der Waals surface area (Å²) in [5.74, 6) is 0.508. The highest BCUT2D eigenvalue weighted by Gasteiger charge is 2.14. The van der Waals surface area contributed by atoms with Crippen LogP contribution in [0.3, 0.4) is 0 Å². The van der Waals surface area contributed by atoms with Crippen molar-refractivity contribution in [1.29, 1.82) is 0 Å². The van der Waals surface area contributed by atoms with Crippen LogP contribution in [0, 0.1) is 0 Å². The Balaban J connectivity index is 3.41. The van der Waals surface area contributed by atoms with Gasteiger partial charge in [0.2, 0.25) is 0 Å². The second kappa shape index (κ2) is 3.78. The summed E-state index contributed by atoms with van der Waals surface area (Å²) in [7, 11) is 3.58. The van der Waals surface area contributed by atoms with Gasteiger partial charge in [0, 0.05) is 14.1 Å². The summed E-state index contributed by atoms with van der Waals surface area (Å²) in [6.07, 6.45) is 0. The third-order valence-electron chi connectivity index (χ3n) is 1.48. The van der Waals surface area contributed by atoms with Gasteiger partial charge < -0.3 is 10.6 Å². The Bertz CT molecular complexity index is 338. The van der Waals surface area contributed by atoms with Crippen LogP contribution in [-0.2, 0) is 0 Å². The number of pyridine rings is 1. The molecule has 0 atom stereocenters. The van der Waals surface area contributed by atoms with Crippen LogP contribution in [0.2, 0.25) is 15.2 Å². The minimum atomic E-state index is 0.160. The number of nitrogens with zero attached hydrogens (tertiary/aromatic N) is 2. The molecule has 1 aromatic rings. The minimum Gasteiger partial charge on any atom is -0.396 e. The lowest BCUT2D eigenvalue weighted by Gasteiger charge is -2.15. The van der Waals surface area contributed by atoms with E-state index >= 15 is 0 Å². The SMILES string of the molecule is CN(C)c1nc(Cl)c(Cl)c(N)c1Cl. The number of anilines is 2. The molecule has 0 radical (unpaired) electrons. The first-order chi connectivity index (χ1) is 5.95. The van der Waals surface area contributed by atoms with Crippen LogP contribution in [0.25, 0.3) is 0 Å². The van der Waals surface area contributed by atoms with Gasteiger partial charge in [0.1, 0.15) is 10.0 Å². The van der Waals surface area contributed by atoms with Gasteiger partial charge in [-0.25, -0.2) is 4.98 Å². The number of nitrogens with two attached hydrogens (primary N) is 1. The average Bonchev–Trinajstić information content (AvgIpc) is 2.07. The van der Waals surface area contributed by atoms with E-state index in [0.717, 1.165) is 0 Å². The Hall–Kier alpha value is -0.380. The van der Waals surface area contributed by atoms with Crippen molar-refractivity contribution >= 4 is 46.3 Å². The van der Waals surface area contributed by atoms with E-state index in [1.54, 1.807) is 19.0 Å². The number of hydrogen-bond acceptors (Lipinski definition) is 3. The van der Waals surface area contributed by atoms with Crippen molar-refractivity contribution in [2.45, 2.75) is 0 Å². The molecule has 0 aliphatic heterocycles. The number of aromatic nitrogens is 1. The van der Waals surface area contributed by atoms with Gasteiger partial charge in [0.05, 0.1) is 5.69 Å². The predicted octanol–water partition coefficient (Wildman–Crippen LogP) is 2.69. The summed E-state index contributed by atoms with van der Waals surface area (Å²) >= 11 is 17.4. The van der Waals surface area contributed by atoms with E-state index in [1.807, 2.05) is 0 Å². The Morgan fingerprint density at radius 3 is 2.15 bits per heavy atom. The monoisotopic (exact) mass is 239 g/mol. The van der Waals surface area contributed by atoms with Crippen molar-refractivity contribution in [3.05, 3.63) is 15.2 Å².